The molecule has 0 radical (unpaired) electrons. The van der Waals surface area contributed by atoms with E-state index in [2.05, 4.69) is 43.1 Å². The van der Waals surface area contributed by atoms with Crippen LogP contribution in [0.3, 0.4) is 0 Å². The molecule has 0 aliphatic heterocycles. The van der Waals surface area contributed by atoms with Crippen LogP contribution in [-0.2, 0) is 6.42 Å². The van der Waals surface area contributed by atoms with E-state index >= 15 is 0 Å². The van der Waals surface area contributed by atoms with Gasteiger partial charge in [-0.05, 0) is 43.2 Å². The Kier molecular flexibility index (Phi) is 3.35. The van der Waals surface area contributed by atoms with Crippen LogP contribution in [0.1, 0.15) is 24.5 Å². The van der Waals surface area contributed by atoms with Crippen molar-refractivity contribution in [3.8, 4) is 11.3 Å². The van der Waals surface area contributed by atoms with Crippen molar-refractivity contribution in [1.29, 1.82) is 0 Å². The summed E-state index contributed by atoms with van der Waals surface area (Å²) in [5, 5.41) is 0. The van der Waals surface area contributed by atoms with E-state index in [4.69, 9.17) is 0 Å². The molecule has 0 fully saturated rings. The number of nitrogens with zero attached hydrogens (tertiary/aromatic N) is 1. The van der Waals surface area contributed by atoms with E-state index in [1.807, 2.05) is 18.3 Å². The lowest BCUT2D eigenvalue weighted by atomic mass is 10.0. The molecule has 82 valence electrons. The lowest BCUT2D eigenvalue weighted by Crippen LogP contribution is -1.89. The molecule has 0 saturated carbocycles. The van der Waals surface area contributed by atoms with Crippen molar-refractivity contribution in [2.75, 3.05) is 0 Å². The number of benzene rings is 1. The van der Waals surface area contributed by atoms with E-state index in [0.29, 0.717) is 0 Å². The summed E-state index contributed by atoms with van der Waals surface area (Å²) < 4.78 is 0. The first-order chi connectivity index (χ1) is 7.79. The molecule has 0 bridgehead atoms. The molecule has 0 N–H and O–H groups in total. The van der Waals surface area contributed by atoms with Gasteiger partial charge in [-0.25, -0.2) is 0 Å². The van der Waals surface area contributed by atoms with Crippen LogP contribution in [0.5, 0.6) is 0 Å². The quantitative estimate of drug-likeness (QED) is 0.747. The molecule has 2 aromatic rings. The summed E-state index contributed by atoms with van der Waals surface area (Å²) in [5.41, 5.74) is 5.00. The first-order valence-electron chi connectivity index (χ1n) is 5.81. The van der Waals surface area contributed by atoms with Gasteiger partial charge in [0.15, 0.2) is 0 Å². The Hall–Kier alpha value is -1.63. The largest absolute Gasteiger partial charge is 0.256 e. The zero-order chi connectivity index (χ0) is 11.4. The highest BCUT2D eigenvalue weighted by atomic mass is 14.7. The number of hydrogen-bond acceptors (Lipinski definition) is 1. The molecule has 0 aliphatic carbocycles. The molecule has 2 rings (SSSR count). The van der Waals surface area contributed by atoms with E-state index in [9.17, 15) is 0 Å². The van der Waals surface area contributed by atoms with Crippen molar-refractivity contribution >= 4 is 0 Å². The number of pyridine rings is 1. The molecule has 0 unspecified atom stereocenters. The lowest BCUT2D eigenvalue weighted by molar-refractivity contribution is 0.920. The monoisotopic (exact) mass is 211 g/mol. The Labute approximate surface area is 97.2 Å². The molecule has 0 spiro atoms. The summed E-state index contributed by atoms with van der Waals surface area (Å²) in [6.45, 7) is 4.36. The number of aryl methyl sites for hydroxylation is 2. The van der Waals surface area contributed by atoms with E-state index in [1.165, 1.54) is 23.1 Å². The van der Waals surface area contributed by atoms with E-state index in [-0.39, 0.29) is 0 Å². The summed E-state index contributed by atoms with van der Waals surface area (Å²) in [4.78, 5) is 4.39. The van der Waals surface area contributed by atoms with Crippen LogP contribution in [0, 0.1) is 6.92 Å². The van der Waals surface area contributed by atoms with Gasteiger partial charge in [-0.2, -0.15) is 0 Å². The van der Waals surface area contributed by atoms with Crippen LogP contribution in [-0.4, -0.2) is 4.98 Å². The Bertz CT molecular complexity index is 460. The van der Waals surface area contributed by atoms with Gasteiger partial charge in [0.25, 0.3) is 0 Å². The molecule has 1 heteroatoms. The first-order valence-corrected chi connectivity index (χ1v) is 5.81. The van der Waals surface area contributed by atoms with Crippen molar-refractivity contribution < 1.29 is 0 Å². The molecule has 0 amide bonds. The molecule has 16 heavy (non-hydrogen) atoms. The van der Waals surface area contributed by atoms with Crippen LogP contribution in [0.15, 0.2) is 42.6 Å². The summed E-state index contributed by atoms with van der Waals surface area (Å²) >= 11 is 0. The second-order valence-electron chi connectivity index (χ2n) is 4.17. The lowest BCUT2D eigenvalue weighted by Gasteiger charge is -2.06. The average molecular weight is 211 g/mol. The average Bonchev–Trinajstić information content (AvgIpc) is 2.30. The van der Waals surface area contributed by atoms with Gasteiger partial charge in [0.2, 0.25) is 0 Å². The molecule has 1 aromatic heterocycles. The fourth-order valence-electron chi connectivity index (χ4n) is 1.98. The van der Waals surface area contributed by atoms with Crippen LogP contribution in [0.4, 0.5) is 0 Å². The molecule has 1 nitrogen and oxygen atoms in total. The molecule has 1 aromatic carbocycles. The van der Waals surface area contributed by atoms with Crippen LogP contribution in [0.2, 0.25) is 0 Å². The molecule has 0 atom stereocenters. The predicted molar refractivity (Wildman–Crippen MR) is 68.4 cm³/mol. The summed E-state index contributed by atoms with van der Waals surface area (Å²) in [7, 11) is 0. The molecular weight excluding hydrogens is 194 g/mol. The smallest absolute Gasteiger partial charge is 0.0702 e. The van der Waals surface area contributed by atoms with Crippen LogP contribution < -0.4 is 0 Å². The maximum absolute atomic E-state index is 4.39. The van der Waals surface area contributed by atoms with Gasteiger partial charge < -0.3 is 0 Å². The van der Waals surface area contributed by atoms with Gasteiger partial charge in [0.1, 0.15) is 0 Å². The van der Waals surface area contributed by atoms with E-state index in [1.54, 1.807) is 0 Å². The second kappa shape index (κ2) is 4.93. The molecular formula is C15H17N. The normalized spacial score (nSPS) is 10.4. The number of aromatic nitrogens is 1. The third-order valence-electron chi connectivity index (χ3n) is 2.64. The number of rotatable bonds is 3. The van der Waals surface area contributed by atoms with Gasteiger partial charge in [0, 0.05) is 11.8 Å². The Balaban J connectivity index is 2.41. The van der Waals surface area contributed by atoms with E-state index in [0.717, 1.165) is 12.1 Å². The SMILES string of the molecule is CCCc1cc(C)cc(-c2ccccn2)c1. The van der Waals surface area contributed by atoms with Gasteiger partial charge in [-0.3, -0.25) is 4.98 Å². The zero-order valence-corrected chi connectivity index (χ0v) is 9.90. The Morgan fingerprint density at radius 1 is 1.12 bits per heavy atom. The maximum Gasteiger partial charge on any atom is 0.0702 e. The van der Waals surface area contributed by atoms with Gasteiger partial charge in [-0.15, -0.1) is 0 Å². The van der Waals surface area contributed by atoms with Crippen LogP contribution in [0.25, 0.3) is 11.3 Å². The summed E-state index contributed by atoms with van der Waals surface area (Å²) in [6, 6.07) is 12.7. The topological polar surface area (TPSA) is 12.9 Å². The third kappa shape index (κ3) is 2.48. The van der Waals surface area contributed by atoms with Crippen molar-refractivity contribution in [1.82, 2.24) is 4.98 Å². The molecule has 0 aliphatic rings. The van der Waals surface area contributed by atoms with E-state index < -0.39 is 0 Å². The predicted octanol–water partition coefficient (Wildman–Crippen LogP) is 4.01. The highest BCUT2D eigenvalue weighted by Crippen LogP contribution is 2.20. The Morgan fingerprint density at radius 2 is 2.00 bits per heavy atom. The highest BCUT2D eigenvalue weighted by Gasteiger charge is 2.01. The highest BCUT2D eigenvalue weighted by molar-refractivity contribution is 5.61. The zero-order valence-electron chi connectivity index (χ0n) is 9.90. The first kappa shape index (κ1) is 10.9. The van der Waals surface area contributed by atoms with Gasteiger partial charge in [0.05, 0.1) is 5.69 Å². The second-order valence-corrected chi connectivity index (χ2v) is 4.17. The number of hydrogen-bond donors (Lipinski definition) is 0. The minimum Gasteiger partial charge on any atom is -0.256 e. The molecule has 1 heterocycles. The van der Waals surface area contributed by atoms with Crippen LogP contribution >= 0.6 is 0 Å². The summed E-state index contributed by atoms with van der Waals surface area (Å²) in [6.07, 6.45) is 4.17. The van der Waals surface area contributed by atoms with Crippen molar-refractivity contribution in [3.63, 3.8) is 0 Å². The minimum atomic E-state index is 1.06. The molecule has 0 saturated heterocycles. The summed E-state index contributed by atoms with van der Waals surface area (Å²) in [5.74, 6) is 0. The minimum absolute atomic E-state index is 1.06. The van der Waals surface area contributed by atoms with Gasteiger partial charge >= 0.3 is 0 Å². The third-order valence-corrected chi connectivity index (χ3v) is 2.64. The fourth-order valence-corrected chi connectivity index (χ4v) is 1.98. The van der Waals surface area contributed by atoms with Crippen molar-refractivity contribution in [3.05, 3.63) is 53.7 Å². The maximum atomic E-state index is 4.39. The standard InChI is InChI=1S/C15H17N/c1-3-6-13-9-12(2)10-14(11-13)15-7-4-5-8-16-15/h4-5,7-11H,3,6H2,1-2H3. The van der Waals surface area contributed by atoms with Crippen molar-refractivity contribution in [2.24, 2.45) is 0 Å². The fraction of sp³-hybridized carbons (Fsp3) is 0.267. The Morgan fingerprint density at radius 3 is 2.69 bits per heavy atom. The van der Waals surface area contributed by atoms with Crippen molar-refractivity contribution in [2.45, 2.75) is 26.7 Å². The van der Waals surface area contributed by atoms with Gasteiger partial charge in [-0.1, -0.05) is 31.0 Å².